The van der Waals surface area contributed by atoms with E-state index in [9.17, 15) is 9.90 Å². The molecule has 3 nitrogen and oxygen atoms in total. The number of aliphatic hydroxyl groups excluding tert-OH is 1. The van der Waals surface area contributed by atoms with Crippen molar-refractivity contribution in [2.45, 2.75) is 25.3 Å². The van der Waals surface area contributed by atoms with Gasteiger partial charge in [-0.1, -0.05) is 12.1 Å². The van der Waals surface area contributed by atoms with E-state index in [-0.39, 0.29) is 12.0 Å². The van der Waals surface area contributed by atoms with Gasteiger partial charge in [0.2, 0.25) is 0 Å². The van der Waals surface area contributed by atoms with Gasteiger partial charge in [-0.15, -0.1) is 11.6 Å². The van der Waals surface area contributed by atoms with Gasteiger partial charge in [0.15, 0.2) is 0 Å². The molecule has 0 spiro atoms. The molecule has 4 heteroatoms. The van der Waals surface area contributed by atoms with Gasteiger partial charge in [0.25, 0.3) is 5.91 Å². The van der Waals surface area contributed by atoms with E-state index < -0.39 is 0 Å². The number of halogens is 1. The number of benzene rings is 1. The number of aliphatic hydroxyl groups is 1. The third kappa shape index (κ3) is 4.36. The van der Waals surface area contributed by atoms with Crippen LogP contribution < -0.4 is 0 Å². The summed E-state index contributed by atoms with van der Waals surface area (Å²) < 4.78 is 0. The normalized spacial score (nSPS) is 12.2. The van der Waals surface area contributed by atoms with Crippen LogP contribution in [0.1, 0.15) is 29.3 Å². The number of alkyl halides is 1. The Morgan fingerprint density at radius 3 is 2.82 bits per heavy atom. The molecular formula is C13H18ClNO2. The van der Waals surface area contributed by atoms with E-state index in [1.165, 1.54) is 0 Å². The van der Waals surface area contributed by atoms with Crippen molar-refractivity contribution in [2.24, 2.45) is 0 Å². The molecule has 0 fully saturated rings. The molecule has 1 aromatic carbocycles. The Hall–Kier alpha value is -1.06. The third-order valence-electron chi connectivity index (χ3n) is 2.56. The van der Waals surface area contributed by atoms with Crippen molar-refractivity contribution >= 4 is 17.5 Å². The number of hydrogen-bond donors (Lipinski definition) is 1. The summed E-state index contributed by atoms with van der Waals surface area (Å²) in [5.74, 6) is 0.357. The summed E-state index contributed by atoms with van der Waals surface area (Å²) in [5, 5.41) is 9.18. The number of rotatable bonds is 5. The molecule has 94 valence electrons. The second-order valence-corrected chi connectivity index (χ2v) is 4.47. The highest BCUT2D eigenvalue weighted by Crippen LogP contribution is 2.10. The maximum Gasteiger partial charge on any atom is 0.253 e. The monoisotopic (exact) mass is 255 g/mol. The predicted octanol–water partition coefficient (Wildman–Crippen LogP) is 2.27. The Morgan fingerprint density at radius 2 is 2.24 bits per heavy atom. The molecule has 0 bridgehead atoms. The van der Waals surface area contributed by atoms with E-state index >= 15 is 0 Å². The van der Waals surface area contributed by atoms with Gasteiger partial charge < -0.3 is 10.0 Å². The van der Waals surface area contributed by atoms with E-state index in [0.717, 1.165) is 5.56 Å². The Labute approximate surface area is 107 Å². The number of hydrogen-bond acceptors (Lipinski definition) is 2. The van der Waals surface area contributed by atoms with Crippen LogP contribution in [0.3, 0.4) is 0 Å². The van der Waals surface area contributed by atoms with Gasteiger partial charge in [-0.2, -0.15) is 0 Å². The first-order chi connectivity index (χ1) is 8.04. The zero-order chi connectivity index (χ0) is 12.8. The summed E-state index contributed by atoms with van der Waals surface area (Å²) in [5.41, 5.74) is 1.57. The average molecular weight is 256 g/mol. The first-order valence-corrected chi connectivity index (χ1v) is 6.16. The number of carbonyl (C=O) groups is 1. The highest BCUT2D eigenvalue weighted by molar-refractivity contribution is 6.17. The van der Waals surface area contributed by atoms with Gasteiger partial charge in [0, 0.05) is 25.0 Å². The summed E-state index contributed by atoms with van der Waals surface area (Å²) in [6, 6.07) is 7.29. The minimum Gasteiger partial charge on any atom is -0.393 e. The number of amides is 1. The van der Waals surface area contributed by atoms with Crippen LogP contribution in [0.15, 0.2) is 24.3 Å². The van der Waals surface area contributed by atoms with Crippen LogP contribution in [0.2, 0.25) is 0 Å². The molecule has 17 heavy (non-hydrogen) atoms. The first kappa shape index (κ1) is 14.0. The molecule has 0 aromatic heterocycles. The molecule has 0 aliphatic heterocycles. The van der Waals surface area contributed by atoms with Crippen molar-refractivity contribution in [3.05, 3.63) is 35.4 Å². The Balaban J connectivity index is 2.67. The molecule has 1 atom stereocenters. The molecule has 0 radical (unpaired) electrons. The molecule has 0 heterocycles. The second kappa shape index (κ2) is 6.62. The Morgan fingerprint density at radius 1 is 1.53 bits per heavy atom. The predicted molar refractivity (Wildman–Crippen MR) is 69.3 cm³/mol. The molecule has 0 saturated heterocycles. The first-order valence-electron chi connectivity index (χ1n) is 5.63. The lowest BCUT2D eigenvalue weighted by Gasteiger charge is -2.18. The summed E-state index contributed by atoms with van der Waals surface area (Å²) in [7, 11) is 1.73. The van der Waals surface area contributed by atoms with E-state index in [1.54, 1.807) is 31.0 Å². The second-order valence-electron chi connectivity index (χ2n) is 4.20. The van der Waals surface area contributed by atoms with Gasteiger partial charge in [-0.3, -0.25) is 4.79 Å². The van der Waals surface area contributed by atoms with E-state index in [4.69, 9.17) is 11.6 Å². The number of carbonyl (C=O) groups excluding carboxylic acids is 1. The molecule has 1 amide bonds. The zero-order valence-electron chi connectivity index (χ0n) is 10.2. The van der Waals surface area contributed by atoms with Gasteiger partial charge in [-0.05, 0) is 31.0 Å². The van der Waals surface area contributed by atoms with E-state index in [2.05, 4.69) is 0 Å². The third-order valence-corrected chi connectivity index (χ3v) is 2.87. The summed E-state index contributed by atoms with van der Waals surface area (Å²) in [4.78, 5) is 13.6. The van der Waals surface area contributed by atoms with Crippen LogP contribution in [0.25, 0.3) is 0 Å². The molecule has 1 N–H and O–H groups in total. The van der Waals surface area contributed by atoms with Crippen molar-refractivity contribution in [3.8, 4) is 0 Å². The maximum absolute atomic E-state index is 12.0. The van der Waals surface area contributed by atoms with Crippen LogP contribution in [0.5, 0.6) is 0 Å². The minimum atomic E-state index is -0.389. The average Bonchev–Trinajstić information content (AvgIpc) is 2.35. The maximum atomic E-state index is 12.0. The van der Waals surface area contributed by atoms with E-state index in [1.807, 2.05) is 12.1 Å². The van der Waals surface area contributed by atoms with Crippen molar-refractivity contribution < 1.29 is 9.90 Å². The Kier molecular flexibility index (Phi) is 5.45. The lowest BCUT2D eigenvalue weighted by atomic mass is 10.1. The van der Waals surface area contributed by atoms with Gasteiger partial charge in [0.05, 0.1) is 6.10 Å². The minimum absolute atomic E-state index is 0.0439. The topological polar surface area (TPSA) is 40.5 Å². The molecule has 0 aliphatic rings. The standard InChI is InChI=1S/C13H18ClNO2/c1-10(16)6-7-15(2)13(17)12-5-3-4-11(8-12)9-14/h3-5,8,10,16H,6-7,9H2,1-2H3. The van der Waals surface area contributed by atoms with Crippen molar-refractivity contribution in [3.63, 3.8) is 0 Å². The largest absolute Gasteiger partial charge is 0.393 e. The fourth-order valence-corrected chi connectivity index (χ4v) is 1.66. The SMILES string of the molecule is CC(O)CCN(C)C(=O)c1cccc(CCl)c1. The van der Waals surface area contributed by atoms with Crippen LogP contribution in [-0.2, 0) is 5.88 Å². The smallest absolute Gasteiger partial charge is 0.253 e. The molecule has 0 aliphatic carbocycles. The zero-order valence-corrected chi connectivity index (χ0v) is 10.9. The molecular weight excluding hydrogens is 238 g/mol. The van der Waals surface area contributed by atoms with Gasteiger partial charge in [-0.25, -0.2) is 0 Å². The van der Waals surface area contributed by atoms with Gasteiger partial charge in [0.1, 0.15) is 0 Å². The van der Waals surface area contributed by atoms with Crippen LogP contribution in [0, 0.1) is 0 Å². The lowest BCUT2D eigenvalue weighted by molar-refractivity contribution is 0.0769. The van der Waals surface area contributed by atoms with E-state index in [0.29, 0.717) is 24.4 Å². The summed E-state index contributed by atoms with van der Waals surface area (Å²) >= 11 is 5.73. The molecule has 1 aromatic rings. The lowest BCUT2D eigenvalue weighted by Crippen LogP contribution is -2.29. The molecule has 1 unspecified atom stereocenters. The number of nitrogens with zero attached hydrogens (tertiary/aromatic N) is 1. The quantitative estimate of drug-likeness (QED) is 0.820. The highest BCUT2D eigenvalue weighted by atomic mass is 35.5. The molecule has 0 saturated carbocycles. The Bertz CT molecular complexity index is 379. The molecule has 1 rings (SSSR count). The van der Waals surface area contributed by atoms with Gasteiger partial charge >= 0.3 is 0 Å². The fourth-order valence-electron chi connectivity index (χ4n) is 1.49. The fraction of sp³-hybridized carbons (Fsp3) is 0.462. The summed E-state index contributed by atoms with van der Waals surface area (Å²) in [6.45, 7) is 2.26. The summed E-state index contributed by atoms with van der Waals surface area (Å²) in [6.07, 6.45) is 0.191. The van der Waals surface area contributed by atoms with Crippen LogP contribution in [-0.4, -0.2) is 35.6 Å². The van der Waals surface area contributed by atoms with Crippen LogP contribution in [0.4, 0.5) is 0 Å². The van der Waals surface area contributed by atoms with Crippen LogP contribution >= 0.6 is 11.6 Å². The highest BCUT2D eigenvalue weighted by Gasteiger charge is 2.12. The van der Waals surface area contributed by atoms with Crippen molar-refractivity contribution in [2.75, 3.05) is 13.6 Å². The van der Waals surface area contributed by atoms with Crippen molar-refractivity contribution in [1.82, 2.24) is 4.90 Å². The van der Waals surface area contributed by atoms with Crippen molar-refractivity contribution in [1.29, 1.82) is 0 Å².